The molecule has 0 aromatic heterocycles. The first kappa shape index (κ1) is 12.0. The van der Waals surface area contributed by atoms with Crippen LogP contribution in [0.5, 0.6) is 0 Å². The Balaban J connectivity index is 2.04. The van der Waals surface area contributed by atoms with E-state index in [-0.39, 0.29) is 20.7 Å². The summed E-state index contributed by atoms with van der Waals surface area (Å²) in [7, 11) is 1.71. The fraction of sp³-hybridized carbons (Fsp3) is 0.917. The molecule has 1 spiro atoms. The van der Waals surface area contributed by atoms with Gasteiger partial charge in [-0.05, 0) is 34.1 Å². The second-order valence-electron chi connectivity index (χ2n) is 5.64. The lowest BCUT2D eigenvalue weighted by molar-refractivity contribution is 0.0757. The Morgan fingerprint density at radius 3 is 2.67 bits per heavy atom. The number of hydrogen-bond acceptors (Lipinski definition) is 2. The molecule has 1 unspecified atom stereocenters. The zero-order valence-corrected chi connectivity index (χ0v) is 12.1. The summed E-state index contributed by atoms with van der Waals surface area (Å²) in [6.07, 6.45) is 5.77. The van der Waals surface area contributed by atoms with E-state index in [9.17, 15) is 0 Å². The number of alkyl halides is 1. The quantitative estimate of drug-likeness (QED) is 0.490. The molecule has 1 aliphatic heterocycles. The van der Waals surface area contributed by atoms with E-state index in [1.165, 1.54) is 25.7 Å². The summed E-state index contributed by atoms with van der Waals surface area (Å²) in [6.45, 7) is 5.92. The van der Waals surface area contributed by atoms with Crippen LogP contribution in [0.2, 0.25) is 0 Å². The standard InChI is InChI=1S/C12H22INO/c1-11(2)8-12(5-4-6-12)9-13-10(11)7-14-15-3/h9-10,14H,4-8H2,1-3H3. The lowest BCUT2D eigenvalue weighted by atomic mass is 9.62. The molecule has 0 saturated heterocycles. The van der Waals surface area contributed by atoms with Crippen LogP contribution in [0.15, 0.2) is 0 Å². The summed E-state index contributed by atoms with van der Waals surface area (Å²) >= 11 is 0.234. The molecule has 15 heavy (non-hydrogen) atoms. The van der Waals surface area contributed by atoms with E-state index in [1.807, 2.05) is 0 Å². The minimum absolute atomic E-state index is 0.234. The first-order chi connectivity index (χ1) is 7.08. The van der Waals surface area contributed by atoms with Crippen LogP contribution in [0.25, 0.3) is 0 Å². The average Bonchev–Trinajstić information content (AvgIpc) is 2.12. The van der Waals surface area contributed by atoms with Crippen LogP contribution >= 0.6 is 20.7 Å². The highest BCUT2D eigenvalue weighted by atomic mass is 127. The van der Waals surface area contributed by atoms with Gasteiger partial charge in [-0.3, -0.25) is 0 Å². The summed E-state index contributed by atoms with van der Waals surface area (Å²) in [5.74, 6) is 0. The molecule has 0 amide bonds. The molecule has 1 N–H and O–H groups in total. The zero-order valence-electron chi connectivity index (χ0n) is 9.98. The highest BCUT2D eigenvalue weighted by Gasteiger charge is 2.45. The Kier molecular flexibility index (Phi) is 3.53. The molecule has 2 nitrogen and oxygen atoms in total. The molecule has 2 aliphatic rings. The smallest absolute Gasteiger partial charge is 0.0572 e. The second kappa shape index (κ2) is 4.41. The minimum Gasteiger partial charge on any atom is -0.305 e. The highest BCUT2D eigenvalue weighted by molar-refractivity contribution is 14.2. The Labute approximate surface area is 103 Å². The molecule has 1 saturated carbocycles. The SMILES string of the molecule is CONCC1I=CC2(CCC2)CC1(C)C. The summed E-state index contributed by atoms with van der Waals surface area (Å²) in [5, 5.41) is 0. The minimum atomic E-state index is 0.234. The van der Waals surface area contributed by atoms with Crippen molar-refractivity contribution in [3.63, 3.8) is 0 Å². The summed E-state index contributed by atoms with van der Waals surface area (Å²) in [4.78, 5) is 4.98. The van der Waals surface area contributed by atoms with Crippen LogP contribution in [0.4, 0.5) is 0 Å². The average molecular weight is 323 g/mol. The van der Waals surface area contributed by atoms with E-state index < -0.39 is 0 Å². The largest absolute Gasteiger partial charge is 0.305 e. The normalized spacial score (nSPS) is 32.1. The van der Waals surface area contributed by atoms with Crippen LogP contribution in [-0.4, -0.2) is 21.6 Å². The number of nitrogens with one attached hydrogen (secondary N) is 1. The summed E-state index contributed by atoms with van der Waals surface area (Å²) in [6, 6.07) is 0. The van der Waals surface area contributed by atoms with Crippen LogP contribution in [-0.2, 0) is 4.84 Å². The third-order valence-electron chi connectivity index (χ3n) is 3.86. The summed E-state index contributed by atoms with van der Waals surface area (Å²) in [5.41, 5.74) is 4.22. The van der Waals surface area contributed by atoms with Gasteiger partial charge in [-0.2, -0.15) is 0 Å². The van der Waals surface area contributed by atoms with Gasteiger partial charge in [0, 0.05) is 10.5 Å². The molecule has 2 rings (SSSR count). The van der Waals surface area contributed by atoms with Crippen molar-refractivity contribution in [1.82, 2.24) is 5.48 Å². The summed E-state index contributed by atoms with van der Waals surface area (Å²) < 4.78 is 3.55. The van der Waals surface area contributed by atoms with Crippen molar-refractivity contribution < 1.29 is 4.84 Å². The monoisotopic (exact) mass is 323 g/mol. The van der Waals surface area contributed by atoms with E-state index >= 15 is 0 Å². The molecule has 0 aromatic carbocycles. The fourth-order valence-corrected chi connectivity index (χ4v) is 6.50. The molecule has 0 radical (unpaired) electrons. The predicted molar refractivity (Wildman–Crippen MR) is 73.6 cm³/mol. The van der Waals surface area contributed by atoms with Gasteiger partial charge in [-0.1, -0.05) is 20.3 Å². The van der Waals surface area contributed by atoms with Crippen LogP contribution < -0.4 is 5.48 Å². The Hall–Kier alpha value is 0.520. The first-order valence-corrected chi connectivity index (χ1v) is 8.29. The van der Waals surface area contributed by atoms with Crippen molar-refractivity contribution >= 4 is 24.7 Å². The molecule has 0 bridgehead atoms. The van der Waals surface area contributed by atoms with Crippen LogP contribution in [0, 0.1) is 10.8 Å². The molecule has 1 aliphatic carbocycles. The zero-order chi connectivity index (χ0) is 10.9. The van der Waals surface area contributed by atoms with E-state index in [2.05, 4.69) is 23.3 Å². The van der Waals surface area contributed by atoms with Crippen molar-refractivity contribution in [3.05, 3.63) is 0 Å². The lowest BCUT2D eigenvalue weighted by Crippen LogP contribution is -2.45. The van der Waals surface area contributed by atoms with E-state index in [0.29, 0.717) is 10.8 Å². The third kappa shape index (κ3) is 2.44. The van der Waals surface area contributed by atoms with Gasteiger partial charge in [0.2, 0.25) is 0 Å². The Morgan fingerprint density at radius 1 is 1.47 bits per heavy atom. The highest BCUT2D eigenvalue weighted by Crippen LogP contribution is 2.54. The van der Waals surface area contributed by atoms with Crippen molar-refractivity contribution in [3.8, 4) is 0 Å². The number of halogens is 1. The maximum atomic E-state index is 4.98. The van der Waals surface area contributed by atoms with Crippen molar-refractivity contribution in [2.75, 3.05) is 13.7 Å². The van der Waals surface area contributed by atoms with E-state index in [4.69, 9.17) is 4.84 Å². The molecule has 88 valence electrons. The van der Waals surface area contributed by atoms with Gasteiger partial charge in [0.15, 0.2) is 0 Å². The van der Waals surface area contributed by atoms with Crippen molar-refractivity contribution in [1.29, 1.82) is 0 Å². The van der Waals surface area contributed by atoms with Gasteiger partial charge >= 0.3 is 0 Å². The van der Waals surface area contributed by atoms with Gasteiger partial charge in [-0.25, -0.2) is 5.48 Å². The van der Waals surface area contributed by atoms with E-state index in [0.717, 1.165) is 10.5 Å². The maximum absolute atomic E-state index is 4.98. The molecular formula is C12H22INO. The van der Waals surface area contributed by atoms with Crippen molar-refractivity contribution in [2.45, 2.75) is 43.5 Å². The second-order valence-corrected chi connectivity index (χ2v) is 8.48. The van der Waals surface area contributed by atoms with Crippen LogP contribution in [0.3, 0.4) is 0 Å². The van der Waals surface area contributed by atoms with Crippen LogP contribution in [0.1, 0.15) is 39.5 Å². The van der Waals surface area contributed by atoms with Crippen molar-refractivity contribution in [2.24, 2.45) is 10.8 Å². The Bertz CT molecular complexity index is 258. The fourth-order valence-electron chi connectivity index (χ4n) is 2.83. The lowest BCUT2D eigenvalue weighted by Gasteiger charge is -2.49. The van der Waals surface area contributed by atoms with Gasteiger partial charge < -0.3 is 4.84 Å². The number of hydroxylamine groups is 1. The molecular weight excluding hydrogens is 301 g/mol. The van der Waals surface area contributed by atoms with E-state index in [1.54, 1.807) is 7.11 Å². The van der Waals surface area contributed by atoms with Gasteiger partial charge in [-0.15, -0.1) is 20.7 Å². The van der Waals surface area contributed by atoms with Gasteiger partial charge in [0.1, 0.15) is 0 Å². The number of rotatable bonds is 3. The predicted octanol–water partition coefficient (Wildman–Crippen LogP) is 2.88. The molecule has 1 atom stereocenters. The first-order valence-electron chi connectivity index (χ1n) is 5.80. The molecule has 3 heteroatoms. The Morgan fingerprint density at radius 2 is 2.20 bits per heavy atom. The van der Waals surface area contributed by atoms with Gasteiger partial charge in [0.05, 0.1) is 7.11 Å². The third-order valence-corrected chi connectivity index (χ3v) is 8.53. The van der Waals surface area contributed by atoms with Gasteiger partial charge in [0.25, 0.3) is 0 Å². The molecule has 0 aromatic rings. The molecule has 1 fully saturated rings. The molecule has 1 heterocycles. The topological polar surface area (TPSA) is 21.3 Å². The number of hydrogen-bond donors (Lipinski definition) is 1. The maximum Gasteiger partial charge on any atom is 0.0572 e.